The van der Waals surface area contributed by atoms with E-state index < -0.39 is 0 Å². The van der Waals surface area contributed by atoms with Gasteiger partial charge in [0.05, 0.1) is 5.69 Å². The molecule has 0 N–H and O–H groups in total. The van der Waals surface area contributed by atoms with Crippen LogP contribution in [0.15, 0.2) is 73.2 Å². The molecule has 7 heteroatoms. The summed E-state index contributed by atoms with van der Waals surface area (Å²) >= 11 is 6.23. The number of hydrogen-bond acceptors (Lipinski definition) is 4. The molecule has 2 aromatic carbocycles. The lowest BCUT2D eigenvalue weighted by Gasteiger charge is -2.05. The predicted molar refractivity (Wildman–Crippen MR) is 109 cm³/mol. The topological polar surface area (TPSA) is 61.4 Å². The highest BCUT2D eigenvalue weighted by atomic mass is 35.5. The van der Waals surface area contributed by atoms with Crippen LogP contribution in [0.25, 0.3) is 33.9 Å². The fourth-order valence-corrected chi connectivity index (χ4v) is 3.36. The van der Waals surface area contributed by atoms with Crippen molar-refractivity contribution in [3.63, 3.8) is 0 Å². The van der Waals surface area contributed by atoms with Crippen molar-refractivity contribution in [2.24, 2.45) is 0 Å². The van der Waals surface area contributed by atoms with Gasteiger partial charge >= 0.3 is 0 Å². The summed E-state index contributed by atoms with van der Waals surface area (Å²) in [6, 6.07) is 20.0. The first-order valence-electron chi connectivity index (χ1n) is 8.78. The molecule has 0 aliphatic carbocycles. The van der Waals surface area contributed by atoms with Crippen molar-refractivity contribution in [1.82, 2.24) is 29.3 Å². The van der Waals surface area contributed by atoms with Crippen LogP contribution < -0.4 is 0 Å². The number of aryl methyl sites for hydroxylation is 1. The van der Waals surface area contributed by atoms with Gasteiger partial charge in [0, 0.05) is 17.4 Å². The Morgan fingerprint density at radius 2 is 1.79 bits per heavy atom. The molecule has 6 nitrogen and oxygen atoms in total. The summed E-state index contributed by atoms with van der Waals surface area (Å²) in [5.74, 6) is 0.545. The van der Waals surface area contributed by atoms with Crippen LogP contribution in [0.3, 0.4) is 0 Å². The highest BCUT2D eigenvalue weighted by Crippen LogP contribution is 2.24. The molecule has 28 heavy (non-hydrogen) atoms. The number of halogens is 1. The summed E-state index contributed by atoms with van der Waals surface area (Å²) in [5, 5.41) is 4.83. The van der Waals surface area contributed by atoms with Crippen LogP contribution >= 0.6 is 11.6 Å². The highest BCUT2D eigenvalue weighted by Gasteiger charge is 2.16. The van der Waals surface area contributed by atoms with Gasteiger partial charge in [-0.3, -0.25) is 4.57 Å². The minimum absolute atomic E-state index is 0.146. The third-order valence-corrected chi connectivity index (χ3v) is 4.67. The number of nitrogens with zero attached hydrogens (tertiary/aromatic N) is 6. The van der Waals surface area contributed by atoms with Crippen molar-refractivity contribution >= 4 is 22.8 Å². The SMILES string of the molecule is Cc1cccc(-c2ccn(-c3nc(Cl)nc4c3ncn4-c3ccccc3)n2)c1. The van der Waals surface area contributed by atoms with Gasteiger partial charge in [-0.1, -0.05) is 42.0 Å². The summed E-state index contributed by atoms with van der Waals surface area (Å²) in [6.07, 6.45) is 3.58. The summed E-state index contributed by atoms with van der Waals surface area (Å²) in [4.78, 5) is 13.3. The van der Waals surface area contributed by atoms with Gasteiger partial charge in [-0.05, 0) is 42.8 Å². The van der Waals surface area contributed by atoms with Gasteiger partial charge < -0.3 is 0 Å². The maximum absolute atomic E-state index is 6.23. The van der Waals surface area contributed by atoms with Gasteiger partial charge in [0.2, 0.25) is 5.28 Å². The lowest BCUT2D eigenvalue weighted by molar-refractivity contribution is 0.851. The first-order valence-corrected chi connectivity index (χ1v) is 9.16. The van der Waals surface area contributed by atoms with E-state index in [1.807, 2.05) is 59.3 Å². The third-order valence-electron chi connectivity index (χ3n) is 4.50. The van der Waals surface area contributed by atoms with Gasteiger partial charge in [0.15, 0.2) is 17.0 Å². The molecular formula is C21H15ClN6. The Kier molecular flexibility index (Phi) is 3.91. The molecule has 5 aromatic rings. The van der Waals surface area contributed by atoms with E-state index in [1.54, 1.807) is 11.0 Å². The minimum atomic E-state index is 0.146. The summed E-state index contributed by atoms with van der Waals surface area (Å²) in [5.41, 5.74) is 5.30. The molecule has 0 fully saturated rings. The van der Waals surface area contributed by atoms with Crippen LogP contribution in [0.5, 0.6) is 0 Å². The van der Waals surface area contributed by atoms with Crippen molar-refractivity contribution in [1.29, 1.82) is 0 Å². The zero-order valence-electron chi connectivity index (χ0n) is 15.0. The largest absolute Gasteiger partial charge is 0.283 e. The van der Waals surface area contributed by atoms with E-state index in [1.165, 1.54) is 5.56 Å². The van der Waals surface area contributed by atoms with Crippen LogP contribution in [-0.2, 0) is 0 Å². The number of aromatic nitrogens is 6. The first-order chi connectivity index (χ1) is 13.7. The van der Waals surface area contributed by atoms with E-state index in [2.05, 4.69) is 39.1 Å². The average Bonchev–Trinajstić information content (AvgIpc) is 3.35. The molecule has 5 rings (SSSR count). The van der Waals surface area contributed by atoms with Crippen LogP contribution in [0.4, 0.5) is 0 Å². The van der Waals surface area contributed by atoms with Crippen LogP contribution in [0.2, 0.25) is 5.28 Å². The Morgan fingerprint density at radius 3 is 2.61 bits per heavy atom. The van der Waals surface area contributed by atoms with Crippen molar-refractivity contribution < 1.29 is 0 Å². The number of rotatable bonds is 3. The molecule has 0 atom stereocenters. The van der Waals surface area contributed by atoms with Crippen LogP contribution in [0.1, 0.15) is 5.56 Å². The number of imidazole rings is 1. The van der Waals surface area contributed by atoms with Crippen molar-refractivity contribution in [2.75, 3.05) is 0 Å². The van der Waals surface area contributed by atoms with E-state index in [9.17, 15) is 0 Å². The van der Waals surface area contributed by atoms with Crippen molar-refractivity contribution in [2.45, 2.75) is 6.92 Å². The van der Waals surface area contributed by atoms with Crippen LogP contribution in [0, 0.1) is 6.92 Å². The standard InChI is InChI=1S/C21H15ClN6/c1-14-6-5-7-15(12-14)17-10-11-28(26-17)20-18-19(24-21(22)25-20)27(13-23-18)16-8-3-2-4-9-16/h2-13H,1H3. The zero-order valence-corrected chi connectivity index (χ0v) is 15.7. The van der Waals surface area contributed by atoms with E-state index in [-0.39, 0.29) is 5.28 Å². The monoisotopic (exact) mass is 386 g/mol. The van der Waals surface area contributed by atoms with Gasteiger partial charge in [-0.25, -0.2) is 9.67 Å². The number of fused-ring (bicyclic) bond motifs is 1. The van der Waals surface area contributed by atoms with Gasteiger partial charge in [0.25, 0.3) is 0 Å². The molecule has 0 saturated carbocycles. The molecule has 0 unspecified atom stereocenters. The molecular weight excluding hydrogens is 372 g/mol. The molecule has 0 amide bonds. The Morgan fingerprint density at radius 1 is 0.929 bits per heavy atom. The fraction of sp³-hybridized carbons (Fsp3) is 0.0476. The molecule has 3 heterocycles. The maximum Gasteiger partial charge on any atom is 0.226 e. The Hall–Kier alpha value is -3.51. The van der Waals surface area contributed by atoms with Gasteiger partial charge in [-0.2, -0.15) is 15.1 Å². The predicted octanol–water partition coefficient (Wildman–Crippen LogP) is 4.63. The smallest absolute Gasteiger partial charge is 0.226 e. The lowest BCUT2D eigenvalue weighted by Crippen LogP contribution is -2.03. The Bertz CT molecular complexity index is 1290. The lowest BCUT2D eigenvalue weighted by atomic mass is 10.1. The van der Waals surface area contributed by atoms with E-state index in [4.69, 9.17) is 11.6 Å². The zero-order chi connectivity index (χ0) is 19.1. The quantitative estimate of drug-likeness (QED) is 0.424. The molecule has 0 aliphatic rings. The third kappa shape index (κ3) is 2.84. The summed E-state index contributed by atoms with van der Waals surface area (Å²) < 4.78 is 3.58. The second kappa shape index (κ2) is 6.58. The number of benzene rings is 2. The second-order valence-corrected chi connectivity index (χ2v) is 6.79. The molecule has 0 aliphatic heterocycles. The van der Waals surface area contributed by atoms with Gasteiger partial charge in [0.1, 0.15) is 6.33 Å². The van der Waals surface area contributed by atoms with Crippen LogP contribution in [-0.4, -0.2) is 29.3 Å². The average molecular weight is 387 g/mol. The summed E-state index contributed by atoms with van der Waals surface area (Å²) in [7, 11) is 0. The molecule has 136 valence electrons. The second-order valence-electron chi connectivity index (χ2n) is 6.45. The highest BCUT2D eigenvalue weighted by molar-refractivity contribution is 6.28. The molecule has 0 spiro atoms. The first kappa shape index (κ1) is 16.6. The molecule has 0 bridgehead atoms. The number of hydrogen-bond donors (Lipinski definition) is 0. The molecule has 3 aromatic heterocycles. The van der Waals surface area contributed by atoms with Crippen molar-refractivity contribution in [3.8, 4) is 22.8 Å². The normalized spacial score (nSPS) is 11.2. The maximum atomic E-state index is 6.23. The molecule has 0 saturated heterocycles. The molecule has 0 radical (unpaired) electrons. The number of para-hydroxylation sites is 1. The van der Waals surface area contributed by atoms with E-state index in [0.717, 1.165) is 16.9 Å². The fourth-order valence-electron chi connectivity index (χ4n) is 3.20. The Labute approximate surface area is 166 Å². The van der Waals surface area contributed by atoms with E-state index in [0.29, 0.717) is 17.0 Å². The minimum Gasteiger partial charge on any atom is -0.283 e. The Balaban J connectivity index is 1.65. The van der Waals surface area contributed by atoms with Gasteiger partial charge in [-0.15, -0.1) is 0 Å². The van der Waals surface area contributed by atoms with Crippen molar-refractivity contribution in [3.05, 3.63) is 84.0 Å². The van der Waals surface area contributed by atoms with E-state index >= 15 is 0 Å². The summed E-state index contributed by atoms with van der Waals surface area (Å²) in [6.45, 7) is 2.06.